The number of aliphatic imine (C=N–C) groups is 2. The third kappa shape index (κ3) is 3.88. The van der Waals surface area contributed by atoms with Crippen LogP contribution in [-0.4, -0.2) is 17.8 Å². The molecule has 1 aromatic carbocycles. The van der Waals surface area contributed by atoms with Crippen molar-refractivity contribution < 1.29 is 0 Å². The van der Waals surface area contributed by atoms with E-state index in [1.165, 1.54) is 23.0 Å². The molecule has 2 unspecified atom stereocenters. The first-order chi connectivity index (χ1) is 12.8. The first-order valence-electron chi connectivity index (χ1n) is 9.61. The highest BCUT2D eigenvalue weighted by molar-refractivity contribution is 7.49. The van der Waals surface area contributed by atoms with Crippen molar-refractivity contribution in [1.29, 1.82) is 0 Å². The summed E-state index contributed by atoms with van der Waals surface area (Å²) in [6.45, 7) is 13.6. The van der Waals surface area contributed by atoms with Crippen molar-refractivity contribution in [2.24, 2.45) is 15.7 Å². The van der Waals surface area contributed by atoms with Crippen molar-refractivity contribution in [1.82, 2.24) is 0 Å². The molecule has 3 nitrogen and oxygen atoms in total. The minimum Gasteiger partial charge on any atom is -0.390 e. The maximum atomic E-state index is 5.72. The van der Waals surface area contributed by atoms with Gasteiger partial charge < -0.3 is 5.73 Å². The van der Waals surface area contributed by atoms with Crippen molar-refractivity contribution in [3.8, 4) is 0 Å². The van der Waals surface area contributed by atoms with Gasteiger partial charge in [0.05, 0.1) is 16.9 Å². The second kappa shape index (κ2) is 7.85. The van der Waals surface area contributed by atoms with Crippen LogP contribution in [0.15, 0.2) is 39.6 Å². The lowest BCUT2D eigenvalue weighted by Gasteiger charge is -2.17. The van der Waals surface area contributed by atoms with Crippen molar-refractivity contribution in [2.75, 3.05) is 0 Å². The number of hydrogen-bond acceptors (Lipinski definition) is 2. The zero-order chi connectivity index (χ0) is 19.8. The first-order valence-corrected chi connectivity index (χ1v) is 11.6. The fourth-order valence-corrected chi connectivity index (χ4v) is 5.94. The highest BCUT2D eigenvalue weighted by Gasteiger charge is 2.49. The van der Waals surface area contributed by atoms with E-state index in [9.17, 15) is 0 Å². The summed E-state index contributed by atoms with van der Waals surface area (Å²) < 4.78 is 0. The van der Waals surface area contributed by atoms with Gasteiger partial charge in [-0.15, -0.1) is 19.9 Å². The molecule has 0 bridgehead atoms. The van der Waals surface area contributed by atoms with Gasteiger partial charge in [-0.05, 0) is 45.6 Å². The predicted molar refractivity (Wildman–Crippen MR) is 123 cm³/mol. The second-order valence-corrected chi connectivity index (χ2v) is 11.1. The molecule has 2 heterocycles. The zero-order valence-corrected chi connectivity index (χ0v) is 18.9. The van der Waals surface area contributed by atoms with Crippen LogP contribution in [0.4, 0.5) is 5.69 Å². The molecule has 0 amide bonds. The van der Waals surface area contributed by atoms with Crippen LogP contribution in [-0.2, 0) is 5.16 Å². The van der Waals surface area contributed by atoms with Crippen molar-refractivity contribution >= 4 is 37.8 Å². The van der Waals surface area contributed by atoms with Gasteiger partial charge in [0, 0.05) is 5.16 Å². The van der Waals surface area contributed by atoms with E-state index in [1.54, 1.807) is 11.3 Å². The second-order valence-electron chi connectivity index (χ2n) is 8.04. The minimum absolute atomic E-state index is 0.263. The maximum Gasteiger partial charge on any atom is 0.171 e. The van der Waals surface area contributed by atoms with Crippen LogP contribution in [0, 0.1) is 0 Å². The number of nitrogens with zero attached hydrogens (tertiary/aromatic N) is 2. The van der Waals surface area contributed by atoms with E-state index >= 15 is 0 Å². The van der Waals surface area contributed by atoms with Crippen molar-refractivity contribution in [3.05, 3.63) is 51.2 Å². The fourth-order valence-electron chi connectivity index (χ4n) is 3.57. The Kier molecular flexibility index (Phi) is 5.88. The van der Waals surface area contributed by atoms with Crippen LogP contribution in [0.5, 0.6) is 0 Å². The molecule has 1 fully saturated rings. The normalized spacial score (nSPS) is 23.9. The van der Waals surface area contributed by atoms with Crippen LogP contribution >= 0.6 is 19.9 Å². The van der Waals surface area contributed by atoms with Gasteiger partial charge in [0.15, 0.2) is 5.84 Å². The lowest BCUT2D eigenvalue weighted by atomic mass is 9.93. The molecule has 144 valence electrons. The van der Waals surface area contributed by atoms with E-state index in [1.807, 2.05) is 0 Å². The van der Waals surface area contributed by atoms with Gasteiger partial charge in [0.25, 0.3) is 0 Å². The standard InChI is InChI=1S/C22H30N3PS/c1-13(2)16-8-7-9-17(14(3)4)19(16)25-21(24-12-23)20-18(10-11-27-20)22(6)15(5)26-22/h7-15,26H,1-6H3,(H2,23,24,25)/t15-,22?/m1/s1. The summed E-state index contributed by atoms with van der Waals surface area (Å²) >= 11 is 1.72. The fraction of sp³-hybridized carbons (Fsp3) is 0.455. The van der Waals surface area contributed by atoms with Crippen LogP contribution in [0.2, 0.25) is 0 Å². The largest absolute Gasteiger partial charge is 0.390 e. The molecule has 1 saturated heterocycles. The molecule has 3 rings (SSSR count). The van der Waals surface area contributed by atoms with Crippen LogP contribution in [0.1, 0.15) is 74.9 Å². The van der Waals surface area contributed by atoms with E-state index in [2.05, 4.69) is 76.2 Å². The summed E-state index contributed by atoms with van der Waals surface area (Å²) in [5.41, 5.74) is 11.4. The van der Waals surface area contributed by atoms with Gasteiger partial charge in [0.1, 0.15) is 0 Å². The topological polar surface area (TPSA) is 50.7 Å². The van der Waals surface area contributed by atoms with E-state index in [0.29, 0.717) is 11.8 Å². The van der Waals surface area contributed by atoms with E-state index in [4.69, 9.17) is 10.7 Å². The van der Waals surface area contributed by atoms with Crippen molar-refractivity contribution in [2.45, 2.75) is 64.2 Å². The summed E-state index contributed by atoms with van der Waals surface area (Å²) in [5.74, 6) is 1.54. The lowest BCUT2D eigenvalue weighted by Crippen LogP contribution is -2.10. The quantitative estimate of drug-likeness (QED) is 0.355. The molecule has 3 atom stereocenters. The Labute approximate surface area is 169 Å². The van der Waals surface area contributed by atoms with Gasteiger partial charge in [-0.1, -0.05) is 59.7 Å². The third-order valence-electron chi connectivity index (χ3n) is 5.48. The highest BCUT2D eigenvalue weighted by Crippen LogP contribution is 2.67. The molecule has 1 aliphatic heterocycles. The molecule has 1 aliphatic rings. The number of hydrogen-bond donors (Lipinski definition) is 1. The molecule has 5 heteroatoms. The summed E-state index contributed by atoms with van der Waals surface area (Å²) in [6.07, 6.45) is 1.37. The first kappa shape index (κ1) is 20.2. The van der Waals surface area contributed by atoms with Gasteiger partial charge in [-0.25, -0.2) is 9.98 Å². The monoisotopic (exact) mass is 399 g/mol. The number of para-hydroxylation sites is 1. The Balaban J connectivity index is 2.19. The summed E-state index contributed by atoms with van der Waals surface area (Å²) in [6, 6.07) is 8.75. The SMILES string of the molecule is CC(C)c1cccc(C(C)C)c1N=C(N=CN)c1sccc1C1(C)P[C@@H]1C. The zero-order valence-electron chi connectivity index (χ0n) is 17.1. The third-order valence-corrected chi connectivity index (χ3v) is 8.40. The molecule has 2 N–H and O–H groups in total. The summed E-state index contributed by atoms with van der Waals surface area (Å²) in [4.78, 5) is 10.8. The number of benzene rings is 1. The van der Waals surface area contributed by atoms with Gasteiger partial charge >= 0.3 is 0 Å². The lowest BCUT2D eigenvalue weighted by molar-refractivity contribution is 0.785. The molecule has 27 heavy (non-hydrogen) atoms. The molecular formula is C22H30N3PS. The van der Waals surface area contributed by atoms with Gasteiger partial charge in [0.2, 0.25) is 0 Å². The molecule has 0 radical (unpaired) electrons. The molecule has 0 spiro atoms. The van der Waals surface area contributed by atoms with E-state index < -0.39 is 0 Å². The Morgan fingerprint density at radius 2 is 1.78 bits per heavy atom. The average molecular weight is 400 g/mol. The molecule has 1 aromatic heterocycles. The van der Waals surface area contributed by atoms with Gasteiger partial charge in [-0.2, -0.15) is 0 Å². The number of amidine groups is 1. The number of rotatable bonds is 5. The van der Waals surface area contributed by atoms with E-state index in [0.717, 1.165) is 30.6 Å². The van der Waals surface area contributed by atoms with Crippen molar-refractivity contribution in [3.63, 3.8) is 0 Å². The molecule has 0 aliphatic carbocycles. The molecular weight excluding hydrogens is 369 g/mol. The van der Waals surface area contributed by atoms with E-state index in [-0.39, 0.29) is 5.16 Å². The number of thiophene rings is 1. The van der Waals surface area contributed by atoms with Crippen LogP contribution < -0.4 is 5.73 Å². The maximum absolute atomic E-state index is 5.72. The minimum atomic E-state index is 0.263. The summed E-state index contributed by atoms with van der Waals surface area (Å²) in [7, 11) is 0.961. The Morgan fingerprint density at radius 3 is 2.26 bits per heavy atom. The number of nitrogens with two attached hydrogens (primary N) is 1. The average Bonchev–Trinajstić information content (AvgIpc) is 3.02. The Bertz CT molecular complexity index is 855. The molecule has 2 aromatic rings. The highest BCUT2D eigenvalue weighted by atomic mass is 32.1. The van der Waals surface area contributed by atoms with Crippen LogP contribution in [0.25, 0.3) is 0 Å². The summed E-state index contributed by atoms with van der Waals surface area (Å²) in [5, 5.41) is 2.42. The Hall–Kier alpha value is -1.51. The van der Waals surface area contributed by atoms with Crippen LogP contribution in [0.3, 0.4) is 0 Å². The Morgan fingerprint density at radius 1 is 1.19 bits per heavy atom. The van der Waals surface area contributed by atoms with Gasteiger partial charge in [-0.3, -0.25) is 0 Å². The predicted octanol–water partition coefficient (Wildman–Crippen LogP) is 6.36. The molecule has 0 saturated carbocycles. The smallest absolute Gasteiger partial charge is 0.171 e.